The molecule has 1 nitrogen and oxygen atoms in total. The van der Waals surface area contributed by atoms with Crippen molar-refractivity contribution in [1.82, 2.24) is 0 Å². The maximum Gasteiger partial charge on any atom is 0.264 e. The predicted molar refractivity (Wildman–Crippen MR) is 58.9 cm³/mol. The topological polar surface area (TPSA) is 17.1 Å². The first kappa shape index (κ1) is 11.6. The number of Topliss-reactive ketones (excluding diaryl/α,β-unsaturated/α-hetero) is 1. The number of hydrogen-bond acceptors (Lipinski definition) is 1. The van der Waals surface area contributed by atoms with Gasteiger partial charge >= 0.3 is 0 Å². The zero-order valence-electron chi connectivity index (χ0n) is 7.77. The van der Waals surface area contributed by atoms with Crippen LogP contribution >= 0.6 is 22.6 Å². The molecule has 0 aliphatic heterocycles. The van der Waals surface area contributed by atoms with Crippen LogP contribution in [0.15, 0.2) is 12.1 Å². The molecule has 0 fully saturated rings. The number of carbonyl (C=O) groups is 1. The summed E-state index contributed by atoms with van der Waals surface area (Å²) in [7, 11) is 0. The number of alkyl halides is 2. The van der Waals surface area contributed by atoms with Gasteiger partial charge < -0.3 is 0 Å². The Morgan fingerprint density at radius 1 is 1.43 bits per heavy atom. The van der Waals surface area contributed by atoms with Gasteiger partial charge in [0.1, 0.15) is 0 Å². The molecule has 14 heavy (non-hydrogen) atoms. The van der Waals surface area contributed by atoms with Gasteiger partial charge in [-0.15, -0.1) is 0 Å². The summed E-state index contributed by atoms with van der Waals surface area (Å²) in [5, 5.41) is 0. The molecule has 0 spiro atoms. The van der Waals surface area contributed by atoms with Gasteiger partial charge in [0.15, 0.2) is 5.78 Å². The maximum absolute atomic E-state index is 12.6. The minimum absolute atomic E-state index is 0.145. The summed E-state index contributed by atoms with van der Waals surface area (Å²) in [6.45, 7) is 3.04. The van der Waals surface area contributed by atoms with E-state index in [4.69, 9.17) is 0 Å². The molecular formula is C10H9F2IO. The van der Waals surface area contributed by atoms with Crippen molar-refractivity contribution in [1.29, 1.82) is 0 Å². The number of hydrogen-bond donors (Lipinski definition) is 0. The van der Waals surface area contributed by atoms with Crippen molar-refractivity contribution in [3.8, 4) is 0 Å². The third-order valence-corrected chi connectivity index (χ3v) is 2.70. The molecule has 0 saturated carbocycles. The normalized spacial score (nSPS) is 10.7. The van der Waals surface area contributed by atoms with Gasteiger partial charge in [0, 0.05) is 14.7 Å². The van der Waals surface area contributed by atoms with E-state index < -0.39 is 6.43 Å². The fourth-order valence-electron chi connectivity index (χ4n) is 1.31. The van der Waals surface area contributed by atoms with Gasteiger partial charge in [-0.05, 0) is 54.1 Å². The predicted octanol–water partition coefficient (Wildman–Crippen LogP) is 3.74. The fourth-order valence-corrected chi connectivity index (χ4v) is 2.49. The molecule has 0 heterocycles. The highest BCUT2D eigenvalue weighted by molar-refractivity contribution is 14.1. The van der Waals surface area contributed by atoms with E-state index >= 15 is 0 Å². The Kier molecular flexibility index (Phi) is 3.58. The fraction of sp³-hybridized carbons (Fsp3) is 0.300. The SMILES string of the molecule is CC(=O)c1c(I)cc(C)cc1C(F)F. The molecule has 0 saturated heterocycles. The summed E-state index contributed by atoms with van der Waals surface area (Å²) in [6.07, 6.45) is -2.60. The zero-order chi connectivity index (χ0) is 10.9. The summed E-state index contributed by atoms with van der Waals surface area (Å²) in [6, 6.07) is 3.09. The van der Waals surface area contributed by atoms with E-state index in [0.717, 1.165) is 5.56 Å². The van der Waals surface area contributed by atoms with E-state index in [0.29, 0.717) is 3.57 Å². The smallest absolute Gasteiger partial charge is 0.264 e. The molecule has 0 aromatic heterocycles. The lowest BCUT2D eigenvalue weighted by Gasteiger charge is -2.09. The van der Waals surface area contributed by atoms with Gasteiger partial charge in [0.25, 0.3) is 6.43 Å². The van der Waals surface area contributed by atoms with Gasteiger partial charge in [0.2, 0.25) is 0 Å². The van der Waals surface area contributed by atoms with Crippen LogP contribution in [-0.4, -0.2) is 5.78 Å². The third-order valence-electron chi connectivity index (χ3n) is 1.85. The summed E-state index contributed by atoms with van der Waals surface area (Å²) in [4.78, 5) is 11.2. The van der Waals surface area contributed by atoms with Crippen LogP contribution in [0.25, 0.3) is 0 Å². The van der Waals surface area contributed by atoms with E-state index in [1.807, 2.05) is 22.6 Å². The second-order valence-corrected chi connectivity index (χ2v) is 4.23. The van der Waals surface area contributed by atoms with Crippen LogP contribution in [0.2, 0.25) is 0 Å². The highest BCUT2D eigenvalue weighted by Gasteiger charge is 2.18. The number of ketones is 1. The lowest BCUT2D eigenvalue weighted by atomic mass is 10.0. The minimum atomic E-state index is -2.60. The summed E-state index contributed by atoms with van der Waals surface area (Å²) < 4.78 is 25.8. The molecule has 0 unspecified atom stereocenters. The first-order valence-corrected chi connectivity index (χ1v) is 5.10. The number of rotatable bonds is 2. The number of halogens is 3. The minimum Gasteiger partial charge on any atom is -0.294 e. The molecular weight excluding hydrogens is 301 g/mol. The second kappa shape index (κ2) is 4.33. The first-order valence-electron chi connectivity index (χ1n) is 4.02. The Morgan fingerprint density at radius 3 is 2.43 bits per heavy atom. The summed E-state index contributed by atoms with van der Waals surface area (Å²) in [5.74, 6) is -0.315. The molecule has 0 N–H and O–H groups in total. The van der Waals surface area contributed by atoms with Crippen LogP contribution in [0.3, 0.4) is 0 Å². The molecule has 0 aliphatic carbocycles. The number of benzene rings is 1. The summed E-state index contributed by atoms with van der Waals surface area (Å²) in [5.41, 5.74) is 0.725. The highest BCUT2D eigenvalue weighted by Crippen LogP contribution is 2.28. The van der Waals surface area contributed by atoms with E-state index in [1.165, 1.54) is 13.0 Å². The molecule has 0 radical (unpaired) electrons. The Morgan fingerprint density at radius 2 is 2.00 bits per heavy atom. The van der Waals surface area contributed by atoms with Gasteiger partial charge in [0.05, 0.1) is 0 Å². The lowest BCUT2D eigenvalue weighted by Crippen LogP contribution is -2.04. The van der Waals surface area contributed by atoms with Gasteiger partial charge in [-0.1, -0.05) is 0 Å². The largest absolute Gasteiger partial charge is 0.294 e. The van der Waals surface area contributed by atoms with Gasteiger partial charge in [-0.2, -0.15) is 0 Å². The molecule has 0 amide bonds. The van der Waals surface area contributed by atoms with Crippen LogP contribution in [0, 0.1) is 10.5 Å². The molecule has 76 valence electrons. The average molecular weight is 310 g/mol. The maximum atomic E-state index is 12.6. The Hall–Kier alpha value is -0.520. The second-order valence-electron chi connectivity index (χ2n) is 3.07. The molecule has 0 aliphatic rings. The quantitative estimate of drug-likeness (QED) is 0.601. The van der Waals surface area contributed by atoms with Crippen molar-refractivity contribution in [2.24, 2.45) is 0 Å². The van der Waals surface area contributed by atoms with Crippen LogP contribution in [0.5, 0.6) is 0 Å². The van der Waals surface area contributed by atoms with Gasteiger partial charge in [-0.3, -0.25) is 4.79 Å². The number of carbonyl (C=O) groups excluding carboxylic acids is 1. The average Bonchev–Trinajstić information content (AvgIpc) is 2.01. The van der Waals surface area contributed by atoms with Crippen LogP contribution in [0.4, 0.5) is 8.78 Å². The molecule has 0 bridgehead atoms. The van der Waals surface area contributed by atoms with Crippen molar-refractivity contribution < 1.29 is 13.6 Å². The van der Waals surface area contributed by atoms with E-state index in [9.17, 15) is 13.6 Å². The monoisotopic (exact) mass is 310 g/mol. The van der Waals surface area contributed by atoms with Crippen molar-refractivity contribution in [3.63, 3.8) is 0 Å². The van der Waals surface area contributed by atoms with Crippen molar-refractivity contribution in [2.75, 3.05) is 0 Å². The molecule has 1 aromatic carbocycles. The van der Waals surface area contributed by atoms with E-state index in [1.54, 1.807) is 13.0 Å². The molecule has 1 aromatic rings. The van der Waals surface area contributed by atoms with Crippen LogP contribution < -0.4 is 0 Å². The number of aryl methyl sites for hydroxylation is 1. The standard InChI is InChI=1S/C10H9F2IO/c1-5-3-7(10(11)12)9(6(2)14)8(13)4-5/h3-4,10H,1-2H3. The highest BCUT2D eigenvalue weighted by atomic mass is 127. The summed E-state index contributed by atoms with van der Waals surface area (Å²) >= 11 is 1.91. The Labute approximate surface area is 94.6 Å². The lowest BCUT2D eigenvalue weighted by molar-refractivity contribution is 0.0998. The van der Waals surface area contributed by atoms with Crippen molar-refractivity contribution in [3.05, 3.63) is 32.4 Å². The Bertz CT molecular complexity index is 375. The molecule has 0 atom stereocenters. The van der Waals surface area contributed by atoms with E-state index in [2.05, 4.69) is 0 Å². The van der Waals surface area contributed by atoms with Gasteiger partial charge in [-0.25, -0.2) is 8.78 Å². The van der Waals surface area contributed by atoms with Crippen LogP contribution in [-0.2, 0) is 0 Å². The van der Waals surface area contributed by atoms with Crippen LogP contribution in [0.1, 0.15) is 34.8 Å². The van der Waals surface area contributed by atoms with Crippen molar-refractivity contribution in [2.45, 2.75) is 20.3 Å². The third kappa shape index (κ3) is 2.29. The Balaban J connectivity index is 3.44. The molecule has 4 heteroatoms. The first-order chi connectivity index (χ1) is 6.43. The zero-order valence-corrected chi connectivity index (χ0v) is 9.93. The van der Waals surface area contributed by atoms with Crippen molar-refractivity contribution >= 4 is 28.4 Å². The molecule has 1 rings (SSSR count). The van der Waals surface area contributed by atoms with E-state index in [-0.39, 0.29) is 16.9 Å².